The summed E-state index contributed by atoms with van der Waals surface area (Å²) in [4.78, 5) is 0. The van der Waals surface area contributed by atoms with Crippen LogP contribution in [0.2, 0.25) is 0 Å². The predicted molar refractivity (Wildman–Crippen MR) is 41.8 cm³/mol. The van der Waals surface area contributed by atoms with E-state index in [-0.39, 0.29) is 0 Å². The third-order valence-electron chi connectivity index (χ3n) is 2.43. The van der Waals surface area contributed by atoms with Crippen LogP contribution in [0.15, 0.2) is 0 Å². The van der Waals surface area contributed by atoms with E-state index in [1.54, 1.807) is 0 Å². The molecule has 1 saturated carbocycles. The van der Waals surface area contributed by atoms with Crippen LogP contribution in [0.1, 0.15) is 44.9 Å². The summed E-state index contributed by atoms with van der Waals surface area (Å²) >= 11 is 0. The molecule has 0 unspecified atom stereocenters. The molecule has 0 radical (unpaired) electrons. The summed E-state index contributed by atoms with van der Waals surface area (Å²) < 4.78 is 13.6. The van der Waals surface area contributed by atoms with Gasteiger partial charge in [0.1, 0.15) is 5.67 Å². The van der Waals surface area contributed by atoms with Crippen LogP contribution in [0.5, 0.6) is 0 Å². The van der Waals surface area contributed by atoms with E-state index in [9.17, 15) is 4.39 Å². The highest BCUT2D eigenvalue weighted by Crippen LogP contribution is 2.35. The SMILES string of the molecule is N#CCCC1(F)CCCCC1. The molecule has 0 amide bonds. The number of rotatable bonds is 2. The van der Waals surface area contributed by atoms with E-state index in [2.05, 4.69) is 0 Å². The highest BCUT2D eigenvalue weighted by Gasteiger charge is 2.30. The van der Waals surface area contributed by atoms with Gasteiger partial charge in [0.25, 0.3) is 0 Å². The lowest BCUT2D eigenvalue weighted by atomic mass is 9.83. The Morgan fingerprint density at radius 1 is 1.27 bits per heavy atom. The molecule has 0 heterocycles. The summed E-state index contributed by atoms with van der Waals surface area (Å²) in [5.41, 5.74) is -0.992. The van der Waals surface area contributed by atoms with Crippen molar-refractivity contribution in [2.24, 2.45) is 0 Å². The van der Waals surface area contributed by atoms with Crippen LogP contribution in [0.3, 0.4) is 0 Å². The number of nitrogens with zero attached hydrogens (tertiary/aromatic N) is 1. The summed E-state index contributed by atoms with van der Waals surface area (Å²) in [5.74, 6) is 0. The zero-order valence-electron chi connectivity index (χ0n) is 6.77. The summed E-state index contributed by atoms with van der Waals surface area (Å²) in [5, 5.41) is 8.29. The molecule has 1 aliphatic rings. The minimum absolute atomic E-state index is 0.372. The van der Waals surface area contributed by atoms with Crippen molar-refractivity contribution in [2.75, 3.05) is 0 Å². The zero-order chi connectivity index (χ0) is 8.16. The monoisotopic (exact) mass is 155 g/mol. The largest absolute Gasteiger partial charge is 0.244 e. The number of alkyl halides is 1. The maximum absolute atomic E-state index is 13.6. The van der Waals surface area contributed by atoms with Gasteiger partial charge in [-0.2, -0.15) is 5.26 Å². The Morgan fingerprint density at radius 2 is 1.91 bits per heavy atom. The van der Waals surface area contributed by atoms with Gasteiger partial charge in [0.05, 0.1) is 6.07 Å². The van der Waals surface area contributed by atoms with Crippen LogP contribution < -0.4 is 0 Å². The van der Waals surface area contributed by atoms with Crippen molar-refractivity contribution < 1.29 is 4.39 Å². The van der Waals surface area contributed by atoms with Gasteiger partial charge >= 0.3 is 0 Å². The molecular formula is C9H14FN. The van der Waals surface area contributed by atoms with Crippen molar-refractivity contribution in [3.63, 3.8) is 0 Å². The van der Waals surface area contributed by atoms with Crippen molar-refractivity contribution in [1.29, 1.82) is 5.26 Å². The van der Waals surface area contributed by atoms with Crippen molar-refractivity contribution in [2.45, 2.75) is 50.6 Å². The first-order valence-electron chi connectivity index (χ1n) is 4.33. The minimum Gasteiger partial charge on any atom is -0.244 e. The molecule has 0 aromatic carbocycles. The molecule has 0 aliphatic heterocycles. The van der Waals surface area contributed by atoms with Gasteiger partial charge in [-0.1, -0.05) is 19.3 Å². The Morgan fingerprint density at radius 3 is 2.45 bits per heavy atom. The van der Waals surface area contributed by atoms with Crippen molar-refractivity contribution in [3.05, 3.63) is 0 Å². The van der Waals surface area contributed by atoms with E-state index in [0.717, 1.165) is 19.3 Å². The van der Waals surface area contributed by atoms with Crippen LogP contribution in [0.4, 0.5) is 4.39 Å². The maximum atomic E-state index is 13.6. The lowest BCUT2D eigenvalue weighted by Crippen LogP contribution is -2.25. The summed E-state index contributed by atoms with van der Waals surface area (Å²) in [6.07, 6.45) is 5.34. The van der Waals surface area contributed by atoms with E-state index in [0.29, 0.717) is 25.7 Å². The van der Waals surface area contributed by atoms with Gasteiger partial charge in [-0.25, -0.2) is 4.39 Å². The van der Waals surface area contributed by atoms with Gasteiger partial charge in [-0.15, -0.1) is 0 Å². The molecule has 2 heteroatoms. The van der Waals surface area contributed by atoms with E-state index >= 15 is 0 Å². The third-order valence-corrected chi connectivity index (χ3v) is 2.43. The van der Waals surface area contributed by atoms with E-state index in [1.807, 2.05) is 6.07 Å². The Kier molecular flexibility index (Phi) is 2.87. The van der Waals surface area contributed by atoms with Gasteiger partial charge < -0.3 is 0 Å². The summed E-state index contributed by atoms with van der Waals surface area (Å²) in [6, 6.07) is 2.00. The Labute approximate surface area is 67.2 Å². The molecule has 0 saturated heterocycles. The highest BCUT2D eigenvalue weighted by atomic mass is 19.1. The maximum Gasteiger partial charge on any atom is 0.112 e. The van der Waals surface area contributed by atoms with Crippen LogP contribution in [0, 0.1) is 11.3 Å². The topological polar surface area (TPSA) is 23.8 Å². The van der Waals surface area contributed by atoms with Crippen LogP contribution in [-0.4, -0.2) is 5.67 Å². The number of hydrogen-bond acceptors (Lipinski definition) is 1. The first-order chi connectivity index (χ1) is 5.27. The molecule has 0 N–H and O–H groups in total. The van der Waals surface area contributed by atoms with Crippen molar-refractivity contribution in [3.8, 4) is 6.07 Å². The predicted octanol–water partition coefficient (Wildman–Crippen LogP) is 2.96. The molecule has 11 heavy (non-hydrogen) atoms. The van der Waals surface area contributed by atoms with Crippen LogP contribution in [-0.2, 0) is 0 Å². The van der Waals surface area contributed by atoms with Gasteiger partial charge in [0, 0.05) is 6.42 Å². The van der Waals surface area contributed by atoms with Gasteiger partial charge in [0.2, 0.25) is 0 Å². The average molecular weight is 155 g/mol. The van der Waals surface area contributed by atoms with Gasteiger partial charge in [0.15, 0.2) is 0 Å². The Hall–Kier alpha value is -0.580. The molecule has 62 valence electrons. The van der Waals surface area contributed by atoms with Crippen molar-refractivity contribution >= 4 is 0 Å². The van der Waals surface area contributed by atoms with Crippen LogP contribution in [0.25, 0.3) is 0 Å². The number of halogens is 1. The quantitative estimate of drug-likeness (QED) is 0.601. The Balaban J connectivity index is 2.32. The first kappa shape index (κ1) is 8.52. The number of hydrogen-bond donors (Lipinski definition) is 0. The highest BCUT2D eigenvalue weighted by molar-refractivity contribution is 4.86. The fraction of sp³-hybridized carbons (Fsp3) is 0.889. The first-order valence-corrected chi connectivity index (χ1v) is 4.33. The summed E-state index contributed by atoms with van der Waals surface area (Å²) in [6.45, 7) is 0. The standard InChI is InChI=1S/C9H14FN/c10-9(7-4-8-11)5-2-1-3-6-9/h1-7H2. The molecule has 0 aromatic heterocycles. The zero-order valence-corrected chi connectivity index (χ0v) is 6.77. The number of nitriles is 1. The fourth-order valence-electron chi connectivity index (χ4n) is 1.72. The van der Waals surface area contributed by atoms with E-state index in [4.69, 9.17) is 5.26 Å². The molecular weight excluding hydrogens is 141 g/mol. The van der Waals surface area contributed by atoms with Crippen LogP contribution >= 0.6 is 0 Å². The fourth-order valence-corrected chi connectivity index (χ4v) is 1.72. The molecule has 1 nitrogen and oxygen atoms in total. The molecule has 0 atom stereocenters. The Bertz CT molecular complexity index is 153. The van der Waals surface area contributed by atoms with Gasteiger partial charge in [-0.3, -0.25) is 0 Å². The van der Waals surface area contributed by atoms with Crippen molar-refractivity contribution in [1.82, 2.24) is 0 Å². The molecule has 0 spiro atoms. The molecule has 1 aliphatic carbocycles. The minimum atomic E-state index is -0.992. The lowest BCUT2D eigenvalue weighted by Gasteiger charge is -2.28. The second-order valence-electron chi connectivity index (χ2n) is 3.37. The second kappa shape index (κ2) is 3.71. The molecule has 0 bridgehead atoms. The molecule has 1 rings (SSSR count). The molecule has 0 aromatic rings. The smallest absolute Gasteiger partial charge is 0.112 e. The van der Waals surface area contributed by atoms with E-state index < -0.39 is 5.67 Å². The van der Waals surface area contributed by atoms with E-state index in [1.165, 1.54) is 0 Å². The lowest BCUT2D eigenvalue weighted by molar-refractivity contribution is 0.0981. The van der Waals surface area contributed by atoms with Gasteiger partial charge in [-0.05, 0) is 19.3 Å². The molecule has 1 fully saturated rings. The normalized spacial score (nSPS) is 22.5. The average Bonchev–Trinajstić information content (AvgIpc) is 2.03. The second-order valence-corrected chi connectivity index (χ2v) is 3.37. The summed E-state index contributed by atoms with van der Waals surface area (Å²) in [7, 11) is 0. The third kappa shape index (κ3) is 2.49.